The minimum Gasteiger partial charge on any atom is -0.455 e. The molecule has 0 saturated carbocycles. The van der Waals surface area contributed by atoms with Crippen molar-refractivity contribution < 1.29 is 4.42 Å². The number of rotatable bonds is 3. The molecule has 1 aliphatic rings. The largest absolute Gasteiger partial charge is 0.455 e. The summed E-state index contributed by atoms with van der Waals surface area (Å²) >= 11 is 6.64. The van der Waals surface area contributed by atoms with E-state index in [0.717, 1.165) is 38.1 Å². The van der Waals surface area contributed by atoms with E-state index in [0.29, 0.717) is 0 Å². The third-order valence-electron chi connectivity index (χ3n) is 8.23. The summed E-state index contributed by atoms with van der Waals surface area (Å²) in [4.78, 5) is 0. The van der Waals surface area contributed by atoms with Gasteiger partial charge in [0.15, 0.2) is 0 Å². The van der Waals surface area contributed by atoms with Crippen molar-refractivity contribution in [3.8, 4) is 22.3 Å². The summed E-state index contributed by atoms with van der Waals surface area (Å²) in [7, 11) is 0. The van der Waals surface area contributed by atoms with Crippen molar-refractivity contribution in [3.63, 3.8) is 0 Å². The van der Waals surface area contributed by atoms with E-state index in [1.807, 2.05) is 18.2 Å². The monoisotopic (exact) mass is 518 g/mol. The number of hydrogen-bond donors (Lipinski definition) is 0. The summed E-state index contributed by atoms with van der Waals surface area (Å²) in [5.41, 5.74) is 11.0. The molecule has 0 N–H and O–H groups in total. The highest BCUT2D eigenvalue weighted by molar-refractivity contribution is 6.31. The van der Waals surface area contributed by atoms with Gasteiger partial charge in [-0.25, -0.2) is 0 Å². The Morgan fingerprint density at radius 1 is 0.487 bits per heavy atom. The maximum absolute atomic E-state index is 6.64. The summed E-state index contributed by atoms with van der Waals surface area (Å²) in [6.07, 6.45) is 0. The molecule has 0 amide bonds. The van der Waals surface area contributed by atoms with E-state index in [-0.39, 0.29) is 0 Å². The Morgan fingerprint density at radius 2 is 1.10 bits per heavy atom. The first kappa shape index (κ1) is 22.4. The van der Waals surface area contributed by atoms with Crippen LogP contribution in [-0.4, -0.2) is 0 Å². The van der Waals surface area contributed by atoms with Gasteiger partial charge >= 0.3 is 0 Å². The zero-order chi connectivity index (χ0) is 26.0. The zero-order valence-electron chi connectivity index (χ0n) is 21.1. The van der Waals surface area contributed by atoms with Gasteiger partial charge in [0.1, 0.15) is 11.2 Å². The van der Waals surface area contributed by atoms with Gasteiger partial charge in [0, 0.05) is 21.4 Å². The minimum atomic E-state index is -0.443. The second kappa shape index (κ2) is 8.46. The molecule has 0 fully saturated rings. The second-order valence-corrected chi connectivity index (χ2v) is 10.6. The van der Waals surface area contributed by atoms with Crippen LogP contribution in [0.2, 0.25) is 5.02 Å². The van der Waals surface area contributed by atoms with Gasteiger partial charge in [-0.3, -0.25) is 0 Å². The van der Waals surface area contributed by atoms with Crippen molar-refractivity contribution in [1.29, 1.82) is 0 Å². The molecule has 0 saturated heterocycles. The van der Waals surface area contributed by atoms with Crippen molar-refractivity contribution in [3.05, 3.63) is 167 Å². The van der Waals surface area contributed by atoms with E-state index in [1.165, 1.54) is 33.4 Å². The van der Waals surface area contributed by atoms with E-state index < -0.39 is 5.41 Å². The molecule has 8 rings (SSSR count). The molecule has 0 aliphatic heterocycles. The molecule has 0 spiro atoms. The topological polar surface area (TPSA) is 13.1 Å². The molecule has 0 unspecified atom stereocenters. The Balaban J connectivity index is 1.45. The Bertz CT molecular complexity index is 1980. The number of furan rings is 1. The quantitative estimate of drug-likeness (QED) is 0.227. The van der Waals surface area contributed by atoms with Crippen LogP contribution in [0.25, 0.3) is 44.2 Å². The summed E-state index contributed by atoms with van der Waals surface area (Å²) in [6.45, 7) is 0. The molecule has 1 aromatic heterocycles. The van der Waals surface area contributed by atoms with Crippen molar-refractivity contribution in [2.24, 2.45) is 0 Å². The lowest BCUT2D eigenvalue weighted by molar-refractivity contribution is 0.670. The van der Waals surface area contributed by atoms with Crippen LogP contribution in [0.3, 0.4) is 0 Å². The van der Waals surface area contributed by atoms with Crippen molar-refractivity contribution in [1.82, 2.24) is 0 Å². The summed E-state index contributed by atoms with van der Waals surface area (Å²) < 4.78 is 6.40. The molecule has 1 nitrogen and oxygen atoms in total. The van der Waals surface area contributed by atoms with E-state index >= 15 is 0 Å². The number of halogens is 1. The fourth-order valence-electron chi connectivity index (χ4n) is 6.61. The molecule has 7 aromatic rings. The average molecular weight is 519 g/mol. The SMILES string of the molecule is Clc1ccc2c(c1)-c1cc(-c3cccc4c3oc3ccccc34)ccc1C2(c1ccccc1)c1ccccc1. The Hall–Kier alpha value is -4.59. The normalized spacial score (nSPS) is 13.5. The number of benzene rings is 6. The first-order valence-electron chi connectivity index (χ1n) is 13.2. The van der Waals surface area contributed by atoms with Crippen LogP contribution in [0.15, 0.2) is 144 Å². The fourth-order valence-corrected chi connectivity index (χ4v) is 6.78. The van der Waals surface area contributed by atoms with Crippen LogP contribution in [0.1, 0.15) is 22.3 Å². The smallest absolute Gasteiger partial charge is 0.143 e. The van der Waals surface area contributed by atoms with Crippen molar-refractivity contribution in [2.45, 2.75) is 5.41 Å². The predicted octanol–water partition coefficient (Wildman–Crippen LogP) is 10.3. The average Bonchev–Trinajstić information content (AvgIpc) is 3.51. The van der Waals surface area contributed by atoms with Crippen LogP contribution < -0.4 is 0 Å². The molecule has 184 valence electrons. The molecule has 39 heavy (non-hydrogen) atoms. The van der Waals surface area contributed by atoms with Gasteiger partial charge in [0.2, 0.25) is 0 Å². The maximum atomic E-state index is 6.64. The molecular formula is C37H23ClO. The lowest BCUT2D eigenvalue weighted by Crippen LogP contribution is -2.28. The molecular weight excluding hydrogens is 496 g/mol. The summed E-state index contributed by atoms with van der Waals surface area (Å²) in [5, 5.41) is 3.01. The molecule has 0 radical (unpaired) electrons. The third kappa shape index (κ3) is 3.14. The Kier molecular flexibility index (Phi) is 4.86. The van der Waals surface area contributed by atoms with Crippen LogP contribution in [0.4, 0.5) is 0 Å². The lowest BCUT2D eigenvalue weighted by atomic mass is 9.67. The summed E-state index contributed by atoms with van der Waals surface area (Å²) in [6, 6.07) is 49.5. The molecule has 6 aromatic carbocycles. The molecule has 1 heterocycles. The zero-order valence-corrected chi connectivity index (χ0v) is 21.8. The second-order valence-electron chi connectivity index (χ2n) is 10.2. The van der Waals surface area contributed by atoms with Crippen molar-refractivity contribution >= 4 is 33.5 Å². The van der Waals surface area contributed by atoms with E-state index in [1.54, 1.807) is 0 Å². The van der Waals surface area contributed by atoms with Gasteiger partial charge < -0.3 is 4.42 Å². The Labute approximate surface area is 231 Å². The minimum absolute atomic E-state index is 0.443. The Morgan fingerprint density at radius 3 is 1.85 bits per heavy atom. The molecule has 1 aliphatic carbocycles. The number of para-hydroxylation sites is 2. The van der Waals surface area contributed by atoms with Gasteiger partial charge in [-0.15, -0.1) is 0 Å². The van der Waals surface area contributed by atoms with Gasteiger partial charge in [-0.2, -0.15) is 0 Å². The van der Waals surface area contributed by atoms with Crippen LogP contribution in [0, 0.1) is 0 Å². The fraction of sp³-hybridized carbons (Fsp3) is 0.0270. The van der Waals surface area contributed by atoms with Crippen LogP contribution in [0.5, 0.6) is 0 Å². The number of fused-ring (bicyclic) bond motifs is 6. The number of hydrogen-bond acceptors (Lipinski definition) is 1. The van der Waals surface area contributed by atoms with E-state index in [2.05, 4.69) is 121 Å². The molecule has 2 heteroatoms. The first-order chi connectivity index (χ1) is 19.2. The van der Waals surface area contributed by atoms with Gasteiger partial charge in [-0.05, 0) is 63.2 Å². The van der Waals surface area contributed by atoms with Gasteiger partial charge in [0.05, 0.1) is 5.41 Å². The molecule has 0 atom stereocenters. The van der Waals surface area contributed by atoms with Crippen molar-refractivity contribution in [2.75, 3.05) is 0 Å². The van der Waals surface area contributed by atoms with Crippen LogP contribution in [-0.2, 0) is 5.41 Å². The standard InChI is InChI=1S/C37H23ClO/c38-27-19-21-34-32(23-27)31-22-24(28-15-9-16-30-29-14-7-8-17-35(29)39-36(28)30)18-20-33(31)37(34,25-10-3-1-4-11-25)26-12-5-2-6-13-26/h1-23H. The van der Waals surface area contributed by atoms with E-state index in [9.17, 15) is 0 Å². The summed E-state index contributed by atoms with van der Waals surface area (Å²) in [5.74, 6) is 0. The van der Waals surface area contributed by atoms with E-state index in [4.69, 9.17) is 16.0 Å². The van der Waals surface area contributed by atoms with Crippen LogP contribution >= 0.6 is 11.6 Å². The highest BCUT2D eigenvalue weighted by Crippen LogP contribution is 2.57. The third-order valence-corrected chi connectivity index (χ3v) is 8.46. The maximum Gasteiger partial charge on any atom is 0.143 e. The highest BCUT2D eigenvalue weighted by Gasteiger charge is 2.46. The lowest BCUT2D eigenvalue weighted by Gasteiger charge is -2.33. The first-order valence-corrected chi connectivity index (χ1v) is 13.6. The van der Waals surface area contributed by atoms with Gasteiger partial charge in [-0.1, -0.05) is 127 Å². The highest BCUT2D eigenvalue weighted by atomic mass is 35.5. The predicted molar refractivity (Wildman–Crippen MR) is 161 cm³/mol. The van der Waals surface area contributed by atoms with Gasteiger partial charge in [0.25, 0.3) is 0 Å². The molecule has 0 bridgehead atoms.